The van der Waals surface area contributed by atoms with Crippen molar-refractivity contribution in [3.05, 3.63) is 76.2 Å². The van der Waals surface area contributed by atoms with E-state index in [1.165, 1.54) is 16.6 Å². The number of nitrogens with zero attached hydrogens (tertiary/aromatic N) is 4. The van der Waals surface area contributed by atoms with E-state index in [9.17, 15) is 4.79 Å². The first kappa shape index (κ1) is 16.9. The van der Waals surface area contributed by atoms with Gasteiger partial charge < -0.3 is 9.88 Å². The van der Waals surface area contributed by atoms with Crippen molar-refractivity contribution in [2.24, 2.45) is 7.05 Å². The Labute approximate surface area is 162 Å². The third-order valence-corrected chi connectivity index (χ3v) is 5.54. The highest BCUT2D eigenvalue weighted by Gasteiger charge is 2.18. The molecule has 0 fully saturated rings. The zero-order valence-corrected chi connectivity index (χ0v) is 15.9. The van der Waals surface area contributed by atoms with E-state index in [0.717, 1.165) is 42.0 Å². The van der Waals surface area contributed by atoms with Gasteiger partial charge in [0, 0.05) is 61.7 Å². The van der Waals surface area contributed by atoms with Crippen LogP contribution >= 0.6 is 0 Å². The normalized spacial score (nSPS) is 13.6. The molecule has 0 unspecified atom stereocenters. The third-order valence-electron chi connectivity index (χ3n) is 5.54. The van der Waals surface area contributed by atoms with Crippen LogP contribution in [0.15, 0.2) is 53.7 Å². The van der Waals surface area contributed by atoms with E-state index in [4.69, 9.17) is 0 Å². The number of aryl methyl sites for hydroxylation is 2. The summed E-state index contributed by atoms with van der Waals surface area (Å²) < 4.78 is 3.94. The molecular weight excluding hydrogens is 350 g/mol. The molecule has 0 spiro atoms. The molecule has 6 nitrogen and oxygen atoms in total. The largest absolute Gasteiger partial charge is 0.347 e. The molecule has 1 aromatic carbocycles. The van der Waals surface area contributed by atoms with E-state index >= 15 is 0 Å². The molecule has 4 aromatic rings. The number of aromatic nitrogens is 4. The SMILES string of the molecule is Cc1cnc(-c2ccn(-c3ccc4c5c(n(C)c4c3)CCNC5)c(=O)c2)cn1. The molecule has 0 saturated heterocycles. The van der Waals surface area contributed by atoms with Crippen molar-refractivity contribution in [3.8, 4) is 16.9 Å². The van der Waals surface area contributed by atoms with Crippen molar-refractivity contribution in [1.82, 2.24) is 24.4 Å². The molecule has 4 heterocycles. The number of benzene rings is 1. The van der Waals surface area contributed by atoms with Crippen LogP contribution in [0.1, 0.15) is 17.0 Å². The summed E-state index contributed by atoms with van der Waals surface area (Å²) in [5.41, 5.74) is 7.02. The molecule has 140 valence electrons. The molecule has 3 aromatic heterocycles. The van der Waals surface area contributed by atoms with Gasteiger partial charge in [-0.15, -0.1) is 0 Å². The minimum absolute atomic E-state index is 0.0835. The lowest BCUT2D eigenvalue weighted by Crippen LogP contribution is -2.24. The van der Waals surface area contributed by atoms with Gasteiger partial charge in [0.15, 0.2) is 0 Å². The van der Waals surface area contributed by atoms with E-state index in [2.05, 4.69) is 39.0 Å². The Hall–Kier alpha value is -3.25. The van der Waals surface area contributed by atoms with E-state index in [1.54, 1.807) is 23.0 Å². The van der Waals surface area contributed by atoms with Gasteiger partial charge in [0.05, 0.1) is 28.8 Å². The Bertz CT molecular complexity index is 1250. The maximum absolute atomic E-state index is 12.8. The van der Waals surface area contributed by atoms with E-state index in [-0.39, 0.29) is 5.56 Å². The maximum atomic E-state index is 12.8. The van der Waals surface area contributed by atoms with E-state index < -0.39 is 0 Å². The Kier molecular flexibility index (Phi) is 3.87. The number of pyridine rings is 1. The summed E-state index contributed by atoms with van der Waals surface area (Å²) in [6.07, 6.45) is 6.25. The lowest BCUT2D eigenvalue weighted by molar-refractivity contribution is 0.622. The molecule has 0 radical (unpaired) electrons. The van der Waals surface area contributed by atoms with Gasteiger partial charge in [0.2, 0.25) is 0 Å². The predicted molar refractivity (Wildman–Crippen MR) is 110 cm³/mol. The van der Waals surface area contributed by atoms with Crippen molar-refractivity contribution in [2.75, 3.05) is 6.54 Å². The van der Waals surface area contributed by atoms with Gasteiger partial charge >= 0.3 is 0 Å². The van der Waals surface area contributed by atoms with Gasteiger partial charge in [0.25, 0.3) is 5.56 Å². The molecule has 0 aliphatic carbocycles. The maximum Gasteiger partial charge on any atom is 0.255 e. The second-order valence-corrected chi connectivity index (χ2v) is 7.28. The number of fused-ring (bicyclic) bond motifs is 3. The van der Waals surface area contributed by atoms with Crippen LogP contribution in [0.25, 0.3) is 27.8 Å². The summed E-state index contributed by atoms with van der Waals surface area (Å²) in [4.78, 5) is 21.4. The standard InChI is InChI=1S/C22H21N5O/c1-14-11-25-19(13-24-14)15-6-8-27(22(28)9-15)16-3-4-17-18-12-23-7-5-20(18)26(2)21(17)10-16/h3-4,6,8-11,13,23H,5,7,12H2,1-2H3. The van der Waals surface area contributed by atoms with Crippen LogP contribution in [0.4, 0.5) is 0 Å². The monoisotopic (exact) mass is 371 g/mol. The van der Waals surface area contributed by atoms with Gasteiger partial charge in [0.1, 0.15) is 0 Å². The van der Waals surface area contributed by atoms with Gasteiger partial charge in [-0.1, -0.05) is 6.07 Å². The highest BCUT2D eigenvalue weighted by atomic mass is 16.1. The first-order valence-electron chi connectivity index (χ1n) is 9.45. The second kappa shape index (κ2) is 6.42. The summed E-state index contributed by atoms with van der Waals surface area (Å²) in [5, 5.41) is 4.70. The summed E-state index contributed by atoms with van der Waals surface area (Å²) in [6.45, 7) is 3.80. The number of hydrogen-bond donors (Lipinski definition) is 1. The molecule has 28 heavy (non-hydrogen) atoms. The fourth-order valence-corrected chi connectivity index (χ4v) is 4.04. The minimum Gasteiger partial charge on any atom is -0.347 e. The zero-order valence-electron chi connectivity index (χ0n) is 15.9. The van der Waals surface area contributed by atoms with Crippen molar-refractivity contribution in [3.63, 3.8) is 0 Å². The molecular formula is C22H21N5O. The van der Waals surface area contributed by atoms with Crippen molar-refractivity contribution < 1.29 is 0 Å². The van der Waals surface area contributed by atoms with Crippen molar-refractivity contribution in [2.45, 2.75) is 19.9 Å². The molecule has 0 saturated carbocycles. The topological polar surface area (TPSA) is 64.7 Å². The van der Waals surface area contributed by atoms with Gasteiger partial charge in [-0.25, -0.2) is 0 Å². The molecule has 1 aliphatic rings. The van der Waals surface area contributed by atoms with Crippen LogP contribution in [0.2, 0.25) is 0 Å². The van der Waals surface area contributed by atoms with Crippen molar-refractivity contribution >= 4 is 10.9 Å². The highest BCUT2D eigenvalue weighted by molar-refractivity contribution is 5.87. The average molecular weight is 371 g/mol. The van der Waals surface area contributed by atoms with Crippen LogP contribution in [-0.2, 0) is 20.0 Å². The number of nitrogens with one attached hydrogen (secondary N) is 1. The molecule has 6 heteroatoms. The Morgan fingerprint density at radius 1 is 1.11 bits per heavy atom. The Balaban J connectivity index is 1.59. The second-order valence-electron chi connectivity index (χ2n) is 7.28. The van der Waals surface area contributed by atoms with Gasteiger partial charge in [-0.05, 0) is 30.7 Å². The van der Waals surface area contributed by atoms with Crippen molar-refractivity contribution in [1.29, 1.82) is 0 Å². The Morgan fingerprint density at radius 2 is 2.00 bits per heavy atom. The minimum atomic E-state index is -0.0835. The summed E-state index contributed by atoms with van der Waals surface area (Å²) in [5.74, 6) is 0. The van der Waals surface area contributed by atoms with E-state index in [0.29, 0.717) is 5.69 Å². The first-order valence-corrected chi connectivity index (χ1v) is 9.45. The van der Waals surface area contributed by atoms with Crippen LogP contribution in [0.5, 0.6) is 0 Å². The number of hydrogen-bond acceptors (Lipinski definition) is 4. The summed E-state index contributed by atoms with van der Waals surface area (Å²) >= 11 is 0. The summed E-state index contributed by atoms with van der Waals surface area (Å²) in [7, 11) is 2.11. The van der Waals surface area contributed by atoms with Gasteiger partial charge in [-0.2, -0.15) is 0 Å². The average Bonchev–Trinajstić information content (AvgIpc) is 3.01. The molecule has 1 N–H and O–H groups in total. The zero-order chi connectivity index (χ0) is 19.3. The fraction of sp³-hybridized carbons (Fsp3) is 0.227. The lowest BCUT2D eigenvalue weighted by Gasteiger charge is -2.14. The number of rotatable bonds is 2. The third kappa shape index (κ3) is 2.65. The molecule has 0 amide bonds. The molecule has 0 bridgehead atoms. The smallest absolute Gasteiger partial charge is 0.255 e. The lowest BCUT2D eigenvalue weighted by atomic mass is 10.1. The molecule has 1 aliphatic heterocycles. The van der Waals surface area contributed by atoms with Crippen LogP contribution in [0, 0.1) is 6.92 Å². The predicted octanol–water partition coefficient (Wildman–Crippen LogP) is 2.74. The van der Waals surface area contributed by atoms with Crippen LogP contribution < -0.4 is 10.9 Å². The van der Waals surface area contributed by atoms with Crippen LogP contribution in [0.3, 0.4) is 0 Å². The summed E-state index contributed by atoms with van der Waals surface area (Å²) in [6, 6.07) is 9.76. The fourth-order valence-electron chi connectivity index (χ4n) is 4.04. The quantitative estimate of drug-likeness (QED) is 0.588. The van der Waals surface area contributed by atoms with Crippen LogP contribution in [-0.4, -0.2) is 25.6 Å². The van der Waals surface area contributed by atoms with Gasteiger partial charge in [-0.3, -0.25) is 19.3 Å². The Morgan fingerprint density at radius 3 is 2.79 bits per heavy atom. The molecule has 5 rings (SSSR count). The van der Waals surface area contributed by atoms with E-state index in [1.807, 2.05) is 25.3 Å². The highest BCUT2D eigenvalue weighted by Crippen LogP contribution is 2.29. The molecule has 0 atom stereocenters. The first-order chi connectivity index (χ1) is 13.6.